The number of carboxylic acid groups (broad SMARTS) is 3. The Morgan fingerprint density at radius 3 is 1.04 bits per heavy atom. The van der Waals surface area contributed by atoms with Crippen molar-refractivity contribution < 1.29 is 194 Å². The van der Waals surface area contributed by atoms with Crippen molar-refractivity contribution in [1.82, 2.24) is 0 Å². The average molecular weight is 1270 g/mol. The van der Waals surface area contributed by atoms with Crippen LogP contribution < -0.4 is 11.5 Å². The van der Waals surface area contributed by atoms with Crippen LogP contribution in [0.4, 0.5) is 0 Å². The molecule has 0 aromatic carbocycles. The van der Waals surface area contributed by atoms with Crippen LogP contribution in [0, 0.1) is 0 Å². The topological polar surface area (TPSA) is 707 Å². The summed E-state index contributed by atoms with van der Waals surface area (Å²) in [5.41, 5.74) is 12.1. The van der Waals surface area contributed by atoms with Crippen molar-refractivity contribution in [2.45, 2.75) is 153 Å². The third kappa shape index (κ3) is 17.3. The van der Waals surface area contributed by atoms with Gasteiger partial charge in [0.05, 0.1) is 25.3 Å². The van der Waals surface area contributed by atoms with Gasteiger partial charge < -0.3 is 105 Å². The SMILES string of the molecule is N[C@H]1[C@@H](O[C@H]2[C@H](O)[C@@H](OS(=O)(=O)O)[C@H](O)O[C@H]2C(=O)O)O[C@H](COS(=O)(=O)O)[C@@H](O[C@@H]2O[C@@H](C(=O)O)[C@@H](O[C@H]3O[C@H](COS(=O)(=O)O)[C@@H](O[C@@H]4O[C@@H](C(=O)O)[C@@H](O)[C@H](O)[C@H]4OS(=O)(=O)O)[C@H](O)[C@H]3N)[C@H](O)[C@H]2OS(=O)(=O)O)[C@@H]1O. The number of aliphatic hydroxyl groups excluding tert-OH is 7. The highest BCUT2D eigenvalue weighted by Gasteiger charge is 2.60. The minimum atomic E-state index is -5.98. The van der Waals surface area contributed by atoms with Crippen molar-refractivity contribution in [1.29, 1.82) is 0 Å². The summed E-state index contributed by atoms with van der Waals surface area (Å²) in [6, 6.07) is -4.61. The van der Waals surface area contributed by atoms with E-state index < -0.39 is 237 Å². The lowest BCUT2D eigenvalue weighted by Gasteiger charge is -2.49. The van der Waals surface area contributed by atoms with Crippen molar-refractivity contribution in [3.63, 3.8) is 0 Å². The zero-order valence-corrected chi connectivity index (χ0v) is 42.4. The maximum absolute atomic E-state index is 12.8. The van der Waals surface area contributed by atoms with Crippen molar-refractivity contribution >= 4 is 69.9 Å². The first-order valence-electron chi connectivity index (χ1n) is 21.0. The number of carbonyl (C=O) groups is 3. The third-order valence-electron chi connectivity index (χ3n) is 11.4. The van der Waals surface area contributed by atoms with Crippen LogP contribution in [-0.2, 0) is 130 Å². The van der Waals surface area contributed by atoms with Gasteiger partial charge in [0.25, 0.3) is 0 Å². The molecule has 44 nitrogen and oxygen atoms in total. The standard InChI is InChI=1S/C30H48N2O42S5/c31-5-8(34)14(4(2-62-76(49,50)51)63-27(5)68-15-11(37)18(72-77(52,53)54)26(45)65-21(15)24(41)42)67-30-20(74-79(58,59)60)12(38)16(22(71-30)25(43)44)69-28-6(32)7(33)13(3(64-28)1-61-75(46,47)48)66-29-19(73-78(55,56)57)10(36)9(35)17(70-29)23(39)40/h3-22,26-30,33-38,45H,1-2,31-32H2,(H,39,40)(H,41,42)(H,43,44)(H,46,47,48)(H,49,50,51)(H,52,53,54)(H,55,56,57)(H,58,59,60)/t3-,4-,5-,6-,7-,8-,9+,10+,11+,12+,13-,14-,15+,16+,17-,18-,19-,20-,21-,22-,26-,27-,28-,29-,30-/m1/s1. The Hall–Kier alpha value is -2.96. The summed E-state index contributed by atoms with van der Waals surface area (Å²) < 4.78 is 233. The Morgan fingerprint density at radius 1 is 0.367 bits per heavy atom. The normalized spacial score (nSPS) is 42.0. The predicted octanol–water partition coefficient (Wildman–Crippen LogP) is -12.6. The first-order valence-corrected chi connectivity index (χ1v) is 27.9. The third-order valence-corrected chi connectivity index (χ3v) is 13.7. The smallest absolute Gasteiger partial charge is 0.397 e. The van der Waals surface area contributed by atoms with Crippen LogP contribution >= 0.6 is 0 Å². The summed E-state index contributed by atoms with van der Waals surface area (Å²) in [4.78, 5) is 36.7. The zero-order valence-electron chi connectivity index (χ0n) is 38.3. The Bertz CT molecular complexity index is 2740. The molecular weight excluding hydrogens is 1220 g/mol. The number of hydrogen-bond donors (Lipinski definition) is 17. The van der Waals surface area contributed by atoms with Gasteiger partial charge in [0, 0.05) is 0 Å². The molecule has 5 aliphatic rings. The summed E-state index contributed by atoms with van der Waals surface area (Å²) in [5.74, 6) is -6.45. The van der Waals surface area contributed by atoms with E-state index in [4.69, 9.17) is 58.7 Å². The summed E-state index contributed by atoms with van der Waals surface area (Å²) >= 11 is 0. The molecule has 5 saturated heterocycles. The fourth-order valence-corrected chi connectivity index (χ4v) is 10.1. The van der Waals surface area contributed by atoms with Gasteiger partial charge in [0.2, 0.25) is 0 Å². The highest BCUT2D eigenvalue weighted by Crippen LogP contribution is 2.37. The molecule has 0 aromatic rings. The first kappa shape index (κ1) is 66.8. The predicted molar refractivity (Wildman–Crippen MR) is 224 cm³/mol. The van der Waals surface area contributed by atoms with E-state index in [0.29, 0.717) is 0 Å². The lowest BCUT2D eigenvalue weighted by atomic mass is 9.94. The van der Waals surface area contributed by atoms with E-state index in [1.807, 2.05) is 0 Å². The van der Waals surface area contributed by atoms with Gasteiger partial charge >= 0.3 is 69.9 Å². The second-order valence-corrected chi connectivity index (χ2v) is 22.1. The van der Waals surface area contributed by atoms with Crippen LogP contribution in [0.1, 0.15) is 0 Å². The highest BCUT2D eigenvalue weighted by atomic mass is 32.3. The fourth-order valence-electron chi connectivity index (χ4n) is 8.01. The Kier molecular flexibility index (Phi) is 21.6. The number of hydrogen-bond acceptors (Lipinski definition) is 36. The Morgan fingerprint density at radius 2 is 0.684 bits per heavy atom. The van der Waals surface area contributed by atoms with Gasteiger partial charge in [-0.05, 0) is 0 Å². The maximum atomic E-state index is 12.8. The molecular formula is C30H48N2O42S5. The molecule has 25 atom stereocenters. The largest absolute Gasteiger partial charge is 0.479 e. The molecule has 19 N–H and O–H groups in total. The molecule has 0 radical (unpaired) electrons. The van der Waals surface area contributed by atoms with Crippen LogP contribution in [0.3, 0.4) is 0 Å². The van der Waals surface area contributed by atoms with Crippen LogP contribution in [0.15, 0.2) is 0 Å². The molecule has 5 fully saturated rings. The Balaban J connectivity index is 1.47. The Labute approximate surface area is 440 Å². The second-order valence-electron chi connectivity index (χ2n) is 16.8. The molecule has 0 aromatic heterocycles. The van der Waals surface area contributed by atoms with Crippen LogP contribution in [-0.4, -0.2) is 300 Å². The molecule has 5 aliphatic heterocycles. The van der Waals surface area contributed by atoms with Crippen LogP contribution in [0.2, 0.25) is 0 Å². The molecule has 5 rings (SSSR count). The van der Waals surface area contributed by atoms with E-state index in [9.17, 15) is 126 Å². The summed E-state index contributed by atoms with van der Waals surface area (Å²) in [5, 5.41) is 106. The molecule has 0 unspecified atom stereocenters. The van der Waals surface area contributed by atoms with E-state index in [0.717, 1.165) is 0 Å². The first-order chi connectivity index (χ1) is 36.0. The molecule has 49 heteroatoms. The fraction of sp³-hybridized carbons (Fsp3) is 0.900. The van der Waals surface area contributed by atoms with Crippen molar-refractivity contribution in [3.05, 3.63) is 0 Å². The number of carboxylic acids is 3. The van der Waals surface area contributed by atoms with Gasteiger partial charge in [0.1, 0.15) is 73.2 Å². The number of rotatable bonds is 23. The van der Waals surface area contributed by atoms with Gasteiger partial charge in [0.15, 0.2) is 68.1 Å². The molecule has 0 spiro atoms. The molecule has 0 saturated carbocycles. The number of ether oxygens (including phenoxy) is 9. The molecule has 460 valence electrons. The molecule has 0 bridgehead atoms. The van der Waals surface area contributed by atoms with Crippen molar-refractivity contribution in [2.24, 2.45) is 11.5 Å². The lowest BCUT2D eigenvalue weighted by Crippen LogP contribution is -2.70. The molecule has 79 heavy (non-hydrogen) atoms. The van der Waals surface area contributed by atoms with E-state index in [2.05, 4.69) is 20.9 Å². The van der Waals surface area contributed by atoms with Crippen molar-refractivity contribution in [3.8, 4) is 0 Å². The lowest BCUT2D eigenvalue weighted by molar-refractivity contribution is -0.371. The van der Waals surface area contributed by atoms with Gasteiger partial charge in [-0.15, -0.1) is 0 Å². The minimum absolute atomic E-state index is 1.60. The van der Waals surface area contributed by atoms with Crippen LogP contribution in [0.5, 0.6) is 0 Å². The number of nitrogens with two attached hydrogens (primary N) is 2. The van der Waals surface area contributed by atoms with Gasteiger partial charge in [-0.1, -0.05) is 0 Å². The average Bonchev–Trinajstić information content (AvgIpc) is 3.29. The highest BCUT2D eigenvalue weighted by molar-refractivity contribution is 7.81. The number of aliphatic carboxylic acids is 3. The van der Waals surface area contributed by atoms with Crippen molar-refractivity contribution in [2.75, 3.05) is 13.2 Å². The molecule has 0 amide bonds. The van der Waals surface area contributed by atoms with Gasteiger partial charge in [-0.2, -0.15) is 42.1 Å². The molecule has 5 heterocycles. The molecule has 0 aliphatic carbocycles. The minimum Gasteiger partial charge on any atom is -0.479 e. The van der Waals surface area contributed by atoms with E-state index in [1.54, 1.807) is 0 Å². The summed E-state index contributed by atoms with van der Waals surface area (Å²) in [6.45, 7) is -3.22. The summed E-state index contributed by atoms with van der Waals surface area (Å²) in [7, 11) is -28.4. The van der Waals surface area contributed by atoms with Gasteiger partial charge in [-0.25, -0.2) is 35.3 Å². The maximum Gasteiger partial charge on any atom is 0.397 e. The summed E-state index contributed by atoms with van der Waals surface area (Å²) in [6.07, 6.45) is -60.6. The quantitative estimate of drug-likeness (QED) is 0.0422. The second kappa shape index (κ2) is 25.5. The van der Waals surface area contributed by atoms with E-state index in [1.165, 1.54) is 0 Å². The zero-order chi connectivity index (χ0) is 60.0. The number of aliphatic hydroxyl groups is 7. The van der Waals surface area contributed by atoms with E-state index in [-0.39, 0.29) is 0 Å². The van der Waals surface area contributed by atoms with E-state index >= 15 is 0 Å². The van der Waals surface area contributed by atoms with Gasteiger partial charge in [-0.3, -0.25) is 22.8 Å². The van der Waals surface area contributed by atoms with Crippen LogP contribution in [0.25, 0.3) is 0 Å². The monoisotopic (exact) mass is 1270 g/mol.